The Kier molecular flexibility index (Phi) is 5.08. The van der Waals surface area contributed by atoms with Gasteiger partial charge in [-0.05, 0) is 36.6 Å². The van der Waals surface area contributed by atoms with Gasteiger partial charge in [0.1, 0.15) is 0 Å². The third-order valence-electron chi connectivity index (χ3n) is 4.15. The molecular weight excluding hydrogens is 300 g/mol. The Hall–Kier alpha value is -1.32. The van der Waals surface area contributed by atoms with Gasteiger partial charge in [0, 0.05) is 23.5 Å². The van der Waals surface area contributed by atoms with Gasteiger partial charge in [-0.25, -0.2) is 4.98 Å². The normalized spacial score (nSPS) is 19.2. The van der Waals surface area contributed by atoms with Gasteiger partial charge in [0.25, 0.3) is 0 Å². The zero-order valence-corrected chi connectivity index (χ0v) is 15.1. The van der Waals surface area contributed by atoms with E-state index < -0.39 is 0 Å². The van der Waals surface area contributed by atoms with Crippen molar-refractivity contribution in [3.8, 4) is 0 Å². The third kappa shape index (κ3) is 4.58. The van der Waals surface area contributed by atoms with Crippen LogP contribution in [0.25, 0.3) is 0 Å². The number of rotatable bonds is 4. The van der Waals surface area contributed by atoms with Crippen LogP contribution in [0.4, 0.5) is 0 Å². The largest absolute Gasteiger partial charge is 0.292 e. The standard InChI is InChI=1S/C20H26N2S/c1-20(2,3)23-19-12-11-17(14-21-19)18-10-7-13-22(18)15-16-8-5-4-6-9-16/h4-6,8-9,11-12,14,18H,7,10,13,15H2,1-3H3/t18-/m1/s1. The summed E-state index contributed by atoms with van der Waals surface area (Å²) >= 11 is 1.83. The summed E-state index contributed by atoms with van der Waals surface area (Å²) in [6, 6.07) is 15.7. The summed E-state index contributed by atoms with van der Waals surface area (Å²) in [7, 11) is 0. The molecule has 2 aromatic rings. The number of aromatic nitrogens is 1. The lowest BCUT2D eigenvalue weighted by Gasteiger charge is -2.25. The molecule has 0 radical (unpaired) electrons. The zero-order chi connectivity index (χ0) is 16.3. The smallest absolute Gasteiger partial charge is 0.0965 e. The van der Waals surface area contributed by atoms with Crippen molar-refractivity contribution >= 4 is 11.8 Å². The van der Waals surface area contributed by atoms with Crippen molar-refractivity contribution in [2.45, 2.75) is 56.0 Å². The van der Waals surface area contributed by atoms with Gasteiger partial charge in [-0.2, -0.15) is 0 Å². The summed E-state index contributed by atoms with van der Waals surface area (Å²) < 4.78 is 0.210. The molecule has 1 aromatic carbocycles. The highest BCUT2D eigenvalue weighted by atomic mass is 32.2. The predicted octanol–water partition coefficient (Wildman–Crippen LogP) is 5.31. The van der Waals surface area contributed by atoms with Crippen LogP contribution in [-0.2, 0) is 6.54 Å². The van der Waals surface area contributed by atoms with E-state index in [2.05, 4.69) is 79.3 Å². The second kappa shape index (κ2) is 7.06. The lowest BCUT2D eigenvalue weighted by atomic mass is 10.1. The Balaban J connectivity index is 1.70. The van der Waals surface area contributed by atoms with Gasteiger partial charge >= 0.3 is 0 Å². The number of pyridine rings is 1. The second-order valence-electron chi connectivity index (χ2n) is 7.26. The van der Waals surface area contributed by atoms with Crippen LogP contribution in [0.15, 0.2) is 53.7 Å². The first kappa shape index (κ1) is 16.5. The molecule has 1 aliphatic heterocycles. The molecule has 0 unspecified atom stereocenters. The highest BCUT2D eigenvalue weighted by molar-refractivity contribution is 8.00. The minimum atomic E-state index is 0.210. The molecule has 0 saturated carbocycles. The van der Waals surface area contributed by atoms with Crippen LogP contribution in [0, 0.1) is 0 Å². The van der Waals surface area contributed by atoms with Gasteiger partial charge in [-0.15, -0.1) is 11.8 Å². The SMILES string of the molecule is CC(C)(C)Sc1ccc([C@H]2CCCN2Cc2ccccc2)cn1. The quantitative estimate of drug-likeness (QED) is 0.708. The van der Waals surface area contributed by atoms with Gasteiger partial charge < -0.3 is 0 Å². The van der Waals surface area contributed by atoms with Gasteiger partial charge in [0.15, 0.2) is 0 Å². The van der Waals surface area contributed by atoms with E-state index in [9.17, 15) is 0 Å². The Morgan fingerprint density at radius 1 is 1.13 bits per heavy atom. The molecule has 2 heterocycles. The number of likely N-dealkylation sites (tertiary alicyclic amines) is 1. The molecule has 0 bridgehead atoms. The molecular formula is C20H26N2S. The van der Waals surface area contributed by atoms with E-state index in [1.165, 1.54) is 30.5 Å². The van der Waals surface area contributed by atoms with Gasteiger partial charge in [0.2, 0.25) is 0 Å². The van der Waals surface area contributed by atoms with Crippen molar-refractivity contribution in [3.63, 3.8) is 0 Å². The van der Waals surface area contributed by atoms with Crippen LogP contribution >= 0.6 is 11.8 Å². The van der Waals surface area contributed by atoms with Crippen LogP contribution in [0.2, 0.25) is 0 Å². The summed E-state index contributed by atoms with van der Waals surface area (Å²) in [5, 5.41) is 1.12. The maximum atomic E-state index is 4.69. The Morgan fingerprint density at radius 2 is 1.91 bits per heavy atom. The average molecular weight is 327 g/mol. The first-order valence-electron chi connectivity index (χ1n) is 8.44. The molecule has 1 aliphatic rings. The zero-order valence-electron chi connectivity index (χ0n) is 14.3. The molecule has 1 aromatic heterocycles. The number of benzene rings is 1. The molecule has 0 amide bonds. The topological polar surface area (TPSA) is 16.1 Å². The van der Waals surface area contributed by atoms with Crippen molar-refractivity contribution in [2.24, 2.45) is 0 Å². The predicted molar refractivity (Wildman–Crippen MR) is 98.7 cm³/mol. The van der Waals surface area contributed by atoms with Crippen molar-refractivity contribution in [1.82, 2.24) is 9.88 Å². The summed E-state index contributed by atoms with van der Waals surface area (Å²) in [6.45, 7) is 8.89. The summed E-state index contributed by atoms with van der Waals surface area (Å²) in [5.41, 5.74) is 2.75. The monoisotopic (exact) mass is 326 g/mol. The van der Waals surface area contributed by atoms with E-state index in [1.54, 1.807) is 0 Å². The number of hydrogen-bond donors (Lipinski definition) is 0. The van der Waals surface area contributed by atoms with Crippen molar-refractivity contribution in [3.05, 3.63) is 59.8 Å². The van der Waals surface area contributed by atoms with Crippen LogP contribution < -0.4 is 0 Å². The Bertz CT molecular complexity index is 616. The van der Waals surface area contributed by atoms with E-state index >= 15 is 0 Å². The van der Waals surface area contributed by atoms with Gasteiger partial charge in [-0.3, -0.25) is 4.90 Å². The van der Waals surface area contributed by atoms with E-state index in [-0.39, 0.29) is 4.75 Å². The van der Waals surface area contributed by atoms with E-state index in [0.717, 1.165) is 11.6 Å². The van der Waals surface area contributed by atoms with Crippen LogP contribution in [0.5, 0.6) is 0 Å². The molecule has 1 atom stereocenters. The van der Waals surface area contributed by atoms with Crippen LogP contribution in [0.1, 0.15) is 50.8 Å². The molecule has 2 nitrogen and oxygen atoms in total. The first-order valence-corrected chi connectivity index (χ1v) is 9.26. The molecule has 1 fully saturated rings. The molecule has 1 saturated heterocycles. The number of hydrogen-bond acceptors (Lipinski definition) is 3. The molecule has 0 spiro atoms. The van der Waals surface area contributed by atoms with E-state index in [1.807, 2.05) is 11.8 Å². The lowest BCUT2D eigenvalue weighted by molar-refractivity contribution is 0.248. The summed E-state index contributed by atoms with van der Waals surface area (Å²) in [5.74, 6) is 0. The Morgan fingerprint density at radius 3 is 2.57 bits per heavy atom. The summed E-state index contributed by atoms with van der Waals surface area (Å²) in [6.07, 6.45) is 4.60. The van der Waals surface area contributed by atoms with Gasteiger partial charge in [-0.1, -0.05) is 57.2 Å². The average Bonchev–Trinajstić information content (AvgIpc) is 2.96. The molecule has 3 rings (SSSR count). The first-order chi connectivity index (χ1) is 11.0. The number of nitrogens with zero attached hydrogens (tertiary/aromatic N) is 2. The van der Waals surface area contributed by atoms with Crippen molar-refractivity contribution in [1.29, 1.82) is 0 Å². The minimum Gasteiger partial charge on any atom is -0.292 e. The van der Waals surface area contributed by atoms with Crippen LogP contribution in [-0.4, -0.2) is 21.2 Å². The van der Waals surface area contributed by atoms with E-state index in [4.69, 9.17) is 0 Å². The highest BCUT2D eigenvalue weighted by Crippen LogP contribution is 2.35. The maximum absolute atomic E-state index is 4.69. The molecule has 23 heavy (non-hydrogen) atoms. The fraction of sp³-hybridized carbons (Fsp3) is 0.450. The Labute approximate surface area is 144 Å². The van der Waals surface area contributed by atoms with E-state index in [0.29, 0.717) is 6.04 Å². The fourth-order valence-corrected chi connectivity index (χ4v) is 4.04. The van der Waals surface area contributed by atoms with Gasteiger partial charge in [0.05, 0.1) is 5.03 Å². The second-order valence-corrected chi connectivity index (χ2v) is 9.11. The fourth-order valence-electron chi connectivity index (χ4n) is 3.17. The lowest BCUT2D eigenvalue weighted by Crippen LogP contribution is -2.22. The maximum Gasteiger partial charge on any atom is 0.0965 e. The third-order valence-corrected chi connectivity index (χ3v) is 5.21. The molecule has 0 N–H and O–H groups in total. The van der Waals surface area contributed by atoms with Crippen LogP contribution in [0.3, 0.4) is 0 Å². The minimum absolute atomic E-state index is 0.210. The number of thioether (sulfide) groups is 1. The summed E-state index contributed by atoms with van der Waals surface area (Å²) in [4.78, 5) is 7.27. The van der Waals surface area contributed by atoms with Crippen molar-refractivity contribution in [2.75, 3.05) is 6.54 Å². The highest BCUT2D eigenvalue weighted by Gasteiger charge is 2.26. The molecule has 3 heteroatoms. The van der Waals surface area contributed by atoms with Crippen molar-refractivity contribution < 1.29 is 0 Å². The molecule has 0 aliphatic carbocycles. The molecule has 122 valence electrons.